The number of halogens is 1. The minimum Gasteiger partial charge on any atom is -0.378 e. The Hall–Kier alpha value is -0.930. The predicted octanol–water partition coefficient (Wildman–Crippen LogP) is 1.80. The molecule has 1 N–H and O–H groups in total. The van der Waals surface area contributed by atoms with Crippen molar-refractivity contribution in [2.75, 3.05) is 19.8 Å². The third-order valence-electron chi connectivity index (χ3n) is 2.45. The minimum absolute atomic E-state index is 0.00338. The summed E-state index contributed by atoms with van der Waals surface area (Å²) >= 11 is 0. The monoisotopic (exact) mass is 195 g/mol. The molecule has 0 saturated carbocycles. The lowest BCUT2D eigenvalue weighted by atomic mass is 10.0. The standard InChI is InChI=1S/C11H14FNO/c1-8-2-3-10(12)9(6-8)11-7-14-5-4-13-11/h2-3,6,11,13H,4-5,7H2,1H3/t11-/m1/s1. The second-order valence-corrected chi connectivity index (χ2v) is 3.61. The molecular weight excluding hydrogens is 181 g/mol. The van der Waals surface area contributed by atoms with Crippen LogP contribution in [0.3, 0.4) is 0 Å². The van der Waals surface area contributed by atoms with Crippen molar-refractivity contribution in [1.29, 1.82) is 0 Å². The van der Waals surface area contributed by atoms with Gasteiger partial charge in [0.1, 0.15) is 5.82 Å². The highest BCUT2D eigenvalue weighted by atomic mass is 19.1. The van der Waals surface area contributed by atoms with Crippen molar-refractivity contribution in [2.24, 2.45) is 0 Å². The van der Waals surface area contributed by atoms with Gasteiger partial charge in [-0.2, -0.15) is 0 Å². The zero-order valence-corrected chi connectivity index (χ0v) is 8.22. The lowest BCUT2D eigenvalue weighted by Crippen LogP contribution is -2.35. The molecular formula is C11H14FNO. The van der Waals surface area contributed by atoms with E-state index in [0.29, 0.717) is 18.8 Å². The van der Waals surface area contributed by atoms with E-state index in [4.69, 9.17) is 4.74 Å². The van der Waals surface area contributed by atoms with Crippen LogP contribution in [0.15, 0.2) is 18.2 Å². The van der Waals surface area contributed by atoms with Crippen LogP contribution in [0.25, 0.3) is 0 Å². The number of hydrogen-bond donors (Lipinski definition) is 1. The molecule has 0 bridgehead atoms. The Morgan fingerprint density at radius 3 is 3.07 bits per heavy atom. The molecule has 1 fully saturated rings. The average Bonchev–Trinajstić information content (AvgIpc) is 2.23. The number of aryl methyl sites for hydroxylation is 1. The number of rotatable bonds is 1. The number of ether oxygens (including phenoxy) is 1. The summed E-state index contributed by atoms with van der Waals surface area (Å²) in [5, 5.41) is 3.24. The fraction of sp³-hybridized carbons (Fsp3) is 0.455. The van der Waals surface area contributed by atoms with Crippen LogP contribution >= 0.6 is 0 Å². The van der Waals surface area contributed by atoms with Crippen molar-refractivity contribution in [3.05, 3.63) is 35.1 Å². The Bertz CT molecular complexity index is 321. The van der Waals surface area contributed by atoms with Crippen LogP contribution < -0.4 is 5.32 Å². The molecule has 1 aliphatic rings. The van der Waals surface area contributed by atoms with E-state index in [2.05, 4.69) is 5.32 Å². The van der Waals surface area contributed by atoms with Gasteiger partial charge < -0.3 is 10.1 Å². The van der Waals surface area contributed by atoms with Crippen molar-refractivity contribution in [1.82, 2.24) is 5.32 Å². The smallest absolute Gasteiger partial charge is 0.128 e. The first kappa shape index (κ1) is 9.62. The quantitative estimate of drug-likeness (QED) is 0.737. The summed E-state index contributed by atoms with van der Waals surface area (Å²) in [6.45, 7) is 4.02. The van der Waals surface area contributed by atoms with E-state index in [0.717, 1.165) is 12.1 Å². The van der Waals surface area contributed by atoms with Gasteiger partial charge in [-0.25, -0.2) is 4.39 Å². The summed E-state index contributed by atoms with van der Waals surface area (Å²) in [6.07, 6.45) is 0. The number of benzene rings is 1. The third-order valence-corrected chi connectivity index (χ3v) is 2.45. The summed E-state index contributed by atoms with van der Waals surface area (Å²) in [7, 11) is 0. The van der Waals surface area contributed by atoms with Crippen LogP contribution in [0.4, 0.5) is 4.39 Å². The molecule has 0 unspecified atom stereocenters. The summed E-state index contributed by atoms with van der Waals surface area (Å²) in [5.41, 5.74) is 1.79. The van der Waals surface area contributed by atoms with Gasteiger partial charge in [-0.15, -0.1) is 0 Å². The van der Waals surface area contributed by atoms with Gasteiger partial charge in [0.25, 0.3) is 0 Å². The van der Waals surface area contributed by atoms with Gasteiger partial charge in [-0.3, -0.25) is 0 Å². The third kappa shape index (κ3) is 1.94. The first-order chi connectivity index (χ1) is 6.77. The molecule has 2 rings (SSSR count). The van der Waals surface area contributed by atoms with Crippen LogP contribution in [0.5, 0.6) is 0 Å². The maximum Gasteiger partial charge on any atom is 0.128 e. The number of morpholine rings is 1. The molecule has 1 saturated heterocycles. The van der Waals surface area contributed by atoms with E-state index in [1.807, 2.05) is 13.0 Å². The topological polar surface area (TPSA) is 21.3 Å². The Balaban J connectivity index is 2.24. The molecule has 0 aliphatic carbocycles. The van der Waals surface area contributed by atoms with E-state index in [1.54, 1.807) is 6.07 Å². The second kappa shape index (κ2) is 4.07. The highest BCUT2D eigenvalue weighted by Gasteiger charge is 2.18. The fourth-order valence-electron chi connectivity index (χ4n) is 1.70. The second-order valence-electron chi connectivity index (χ2n) is 3.61. The fourth-order valence-corrected chi connectivity index (χ4v) is 1.70. The van der Waals surface area contributed by atoms with Crippen molar-refractivity contribution in [3.8, 4) is 0 Å². The lowest BCUT2D eigenvalue weighted by Gasteiger charge is -2.24. The molecule has 1 heterocycles. The van der Waals surface area contributed by atoms with Crippen molar-refractivity contribution in [3.63, 3.8) is 0 Å². The SMILES string of the molecule is Cc1ccc(F)c([C@H]2COCCN2)c1. The molecule has 2 nitrogen and oxygen atoms in total. The molecule has 1 aliphatic heterocycles. The van der Waals surface area contributed by atoms with Gasteiger partial charge in [0.15, 0.2) is 0 Å². The number of nitrogens with one attached hydrogen (secondary N) is 1. The first-order valence-corrected chi connectivity index (χ1v) is 4.84. The number of hydrogen-bond acceptors (Lipinski definition) is 2. The molecule has 76 valence electrons. The zero-order chi connectivity index (χ0) is 9.97. The van der Waals surface area contributed by atoms with Gasteiger partial charge in [0.2, 0.25) is 0 Å². The molecule has 1 aromatic rings. The largest absolute Gasteiger partial charge is 0.378 e. The van der Waals surface area contributed by atoms with Crippen LogP contribution in [0.2, 0.25) is 0 Å². The molecule has 0 aromatic heterocycles. The van der Waals surface area contributed by atoms with Crippen LogP contribution in [-0.4, -0.2) is 19.8 Å². The van der Waals surface area contributed by atoms with Gasteiger partial charge in [-0.1, -0.05) is 17.7 Å². The normalized spacial score (nSPS) is 22.3. The van der Waals surface area contributed by atoms with Gasteiger partial charge in [0, 0.05) is 12.1 Å². The highest BCUT2D eigenvalue weighted by Crippen LogP contribution is 2.20. The Morgan fingerprint density at radius 2 is 2.36 bits per heavy atom. The van der Waals surface area contributed by atoms with Crippen LogP contribution in [-0.2, 0) is 4.74 Å². The van der Waals surface area contributed by atoms with Crippen molar-refractivity contribution in [2.45, 2.75) is 13.0 Å². The van der Waals surface area contributed by atoms with Gasteiger partial charge >= 0.3 is 0 Å². The summed E-state index contributed by atoms with van der Waals surface area (Å²) in [6, 6.07) is 5.18. The molecule has 1 aromatic carbocycles. The van der Waals surface area contributed by atoms with E-state index in [-0.39, 0.29) is 11.9 Å². The summed E-state index contributed by atoms with van der Waals surface area (Å²) in [5.74, 6) is -0.154. The Morgan fingerprint density at radius 1 is 1.50 bits per heavy atom. The minimum atomic E-state index is -0.154. The highest BCUT2D eigenvalue weighted by molar-refractivity contribution is 5.27. The zero-order valence-electron chi connectivity index (χ0n) is 8.22. The van der Waals surface area contributed by atoms with E-state index >= 15 is 0 Å². The molecule has 1 atom stereocenters. The maximum atomic E-state index is 13.5. The first-order valence-electron chi connectivity index (χ1n) is 4.84. The molecule has 14 heavy (non-hydrogen) atoms. The predicted molar refractivity (Wildman–Crippen MR) is 52.7 cm³/mol. The van der Waals surface area contributed by atoms with Gasteiger partial charge in [0.05, 0.1) is 19.3 Å². The van der Waals surface area contributed by atoms with Crippen molar-refractivity contribution >= 4 is 0 Å². The molecule has 3 heteroatoms. The van der Waals surface area contributed by atoms with E-state index in [1.165, 1.54) is 6.07 Å². The lowest BCUT2D eigenvalue weighted by molar-refractivity contribution is 0.0757. The van der Waals surface area contributed by atoms with Gasteiger partial charge in [-0.05, 0) is 13.0 Å². The maximum absolute atomic E-state index is 13.5. The van der Waals surface area contributed by atoms with Crippen LogP contribution in [0, 0.1) is 12.7 Å². The average molecular weight is 195 g/mol. The Kier molecular flexibility index (Phi) is 2.79. The molecule has 0 spiro atoms. The molecule has 0 amide bonds. The molecule has 0 radical (unpaired) electrons. The van der Waals surface area contributed by atoms with Crippen molar-refractivity contribution < 1.29 is 9.13 Å². The van der Waals surface area contributed by atoms with Crippen LogP contribution in [0.1, 0.15) is 17.2 Å². The van der Waals surface area contributed by atoms with E-state index in [9.17, 15) is 4.39 Å². The summed E-state index contributed by atoms with van der Waals surface area (Å²) in [4.78, 5) is 0. The Labute approximate surface area is 83.1 Å². The van der Waals surface area contributed by atoms with E-state index < -0.39 is 0 Å². The summed E-state index contributed by atoms with van der Waals surface area (Å²) < 4.78 is 18.8.